The number of carbonyl (C=O) groups is 2. The van der Waals surface area contributed by atoms with Gasteiger partial charge in [-0.1, -0.05) is 12.8 Å². The minimum absolute atomic E-state index is 0. The van der Waals surface area contributed by atoms with Crippen molar-refractivity contribution in [2.24, 2.45) is 10.4 Å². The first-order valence-corrected chi connectivity index (χ1v) is 10.0. The van der Waals surface area contributed by atoms with Gasteiger partial charge >= 0.3 is 6.09 Å². The second-order valence-corrected chi connectivity index (χ2v) is 7.72. The molecule has 28 heavy (non-hydrogen) atoms. The molecule has 1 aliphatic carbocycles. The molecule has 2 aliphatic rings. The smallest absolute Gasteiger partial charge is 0.409 e. The van der Waals surface area contributed by atoms with Crippen LogP contribution in [0.3, 0.4) is 0 Å². The number of hydrogen-bond donors (Lipinski definition) is 2. The quantitative estimate of drug-likeness (QED) is 0.337. The van der Waals surface area contributed by atoms with E-state index in [0.29, 0.717) is 26.2 Å². The number of piperidine rings is 1. The van der Waals surface area contributed by atoms with Crippen LogP contribution in [0.1, 0.15) is 45.4 Å². The highest BCUT2D eigenvalue weighted by Gasteiger charge is 2.42. The number of amides is 2. The van der Waals surface area contributed by atoms with Crippen molar-refractivity contribution in [1.29, 1.82) is 0 Å². The zero-order valence-corrected chi connectivity index (χ0v) is 20.0. The summed E-state index contributed by atoms with van der Waals surface area (Å²) in [4.78, 5) is 32.3. The molecule has 1 saturated heterocycles. The number of aliphatic imine (C=N–C) groups is 1. The van der Waals surface area contributed by atoms with Gasteiger partial charge in [-0.3, -0.25) is 9.79 Å². The van der Waals surface area contributed by atoms with Crippen LogP contribution in [0.15, 0.2) is 4.99 Å². The van der Waals surface area contributed by atoms with Crippen molar-refractivity contribution in [2.75, 3.05) is 47.4 Å². The average molecular weight is 509 g/mol. The highest BCUT2D eigenvalue weighted by molar-refractivity contribution is 14.0. The van der Waals surface area contributed by atoms with Crippen molar-refractivity contribution in [2.45, 2.75) is 51.5 Å². The summed E-state index contributed by atoms with van der Waals surface area (Å²) in [6, 6.07) is 0.256. The molecule has 0 aromatic heterocycles. The second kappa shape index (κ2) is 11.7. The standard InChI is InChI=1S/C19H35N5O3.HI/c1-5-27-18(26)24-12-8-15(9-13-24)22-17(20-2)21-14-19(10-6-7-11-19)16(25)23(3)4;/h15H,5-14H2,1-4H3,(H2,20,21,22);1H. The van der Waals surface area contributed by atoms with E-state index in [1.54, 1.807) is 16.8 Å². The van der Waals surface area contributed by atoms with Gasteiger partial charge in [0.25, 0.3) is 0 Å². The van der Waals surface area contributed by atoms with Crippen LogP contribution in [0.25, 0.3) is 0 Å². The number of hydrogen-bond acceptors (Lipinski definition) is 4. The van der Waals surface area contributed by atoms with Gasteiger partial charge in [-0.15, -0.1) is 24.0 Å². The van der Waals surface area contributed by atoms with E-state index in [1.165, 1.54) is 0 Å². The summed E-state index contributed by atoms with van der Waals surface area (Å²) in [5.74, 6) is 0.924. The SMILES string of the molecule is CCOC(=O)N1CCC(NC(=NC)NCC2(C(=O)N(C)C)CCCC2)CC1.I. The molecule has 1 saturated carbocycles. The van der Waals surface area contributed by atoms with Crippen LogP contribution in [0, 0.1) is 5.41 Å². The van der Waals surface area contributed by atoms with Gasteiger partial charge in [-0.05, 0) is 32.6 Å². The minimum Gasteiger partial charge on any atom is -0.450 e. The normalized spacial score (nSPS) is 19.6. The van der Waals surface area contributed by atoms with E-state index in [2.05, 4.69) is 15.6 Å². The fourth-order valence-corrected chi connectivity index (χ4v) is 4.05. The molecule has 1 aliphatic heterocycles. The van der Waals surface area contributed by atoms with Crippen molar-refractivity contribution in [3.8, 4) is 0 Å². The summed E-state index contributed by atoms with van der Waals surface area (Å²) < 4.78 is 5.06. The Labute approximate surface area is 185 Å². The van der Waals surface area contributed by atoms with Crippen LogP contribution in [-0.2, 0) is 9.53 Å². The Hall–Kier alpha value is -1.26. The lowest BCUT2D eigenvalue weighted by Gasteiger charge is -2.34. The molecule has 0 bridgehead atoms. The van der Waals surface area contributed by atoms with Crippen molar-refractivity contribution < 1.29 is 14.3 Å². The molecule has 8 nitrogen and oxygen atoms in total. The molecule has 162 valence electrons. The second-order valence-electron chi connectivity index (χ2n) is 7.72. The summed E-state index contributed by atoms with van der Waals surface area (Å²) >= 11 is 0. The monoisotopic (exact) mass is 509 g/mol. The van der Waals surface area contributed by atoms with Gasteiger partial charge in [0.2, 0.25) is 5.91 Å². The zero-order chi connectivity index (χ0) is 19.9. The minimum atomic E-state index is -0.325. The van der Waals surface area contributed by atoms with Gasteiger partial charge in [-0.25, -0.2) is 4.79 Å². The summed E-state index contributed by atoms with van der Waals surface area (Å²) in [5, 5.41) is 6.82. The van der Waals surface area contributed by atoms with Crippen LogP contribution < -0.4 is 10.6 Å². The number of rotatable bonds is 5. The first-order chi connectivity index (χ1) is 12.9. The highest BCUT2D eigenvalue weighted by atomic mass is 127. The Morgan fingerprint density at radius 1 is 1.21 bits per heavy atom. The maximum atomic E-state index is 12.7. The van der Waals surface area contributed by atoms with E-state index in [1.807, 2.05) is 21.0 Å². The van der Waals surface area contributed by atoms with Gasteiger partial charge in [0.15, 0.2) is 5.96 Å². The zero-order valence-electron chi connectivity index (χ0n) is 17.6. The molecule has 0 atom stereocenters. The predicted molar refractivity (Wildman–Crippen MR) is 121 cm³/mol. The Bertz CT molecular complexity index is 542. The number of nitrogens with zero attached hydrogens (tertiary/aromatic N) is 3. The first kappa shape index (κ1) is 24.8. The third-order valence-electron chi connectivity index (χ3n) is 5.60. The van der Waals surface area contributed by atoms with E-state index in [0.717, 1.165) is 44.5 Å². The molecule has 1 heterocycles. The van der Waals surface area contributed by atoms with Gasteiger partial charge < -0.3 is 25.2 Å². The van der Waals surface area contributed by atoms with Crippen LogP contribution in [0.4, 0.5) is 4.79 Å². The number of halogens is 1. The van der Waals surface area contributed by atoms with Crippen molar-refractivity contribution in [1.82, 2.24) is 20.4 Å². The molecule has 2 N–H and O–H groups in total. The molecule has 2 amide bonds. The van der Waals surface area contributed by atoms with E-state index in [9.17, 15) is 9.59 Å². The Morgan fingerprint density at radius 2 is 1.82 bits per heavy atom. The fourth-order valence-electron chi connectivity index (χ4n) is 4.05. The highest BCUT2D eigenvalue weighted by Crippen LogP contribution is 2.38. The number of guanidine groups is 1. The number of carbonyl (C=O) groups excluding carboxylic acids is 2. The third-order valence-corrected chi connectivity index (χ3v) is 5.60. The summed E-state index contributed by atoms with van der Waals surface area (Å²) in [7, 11) is 5.40. The summed E-state index contributed by atoms with van der Waals surface area (Å²) in [5.41, 5.74) is -0.325. The van der Waals surface area contributed by atoms with Crippen LogP contribution in [-0.4, -0.2) is 81.2 Å². The van der Waals surface area contributed by atoms with Crippen LogP contribution in [0.5, 0.6) is 0 Å². The van der Waals surface area contributed by atoms with Crippen molar-refractivity contribution >= 4 is 41.9 Å². The van der Waals surface area contributed by atoms with E-state index in [-0.39, 0.29) is 47.4 Å². The molecule has 0 unspecified atom stereocenters. The van der Waals surface area contributed by atoms with Crippen LogP contribution in [0.2, 0.25) is 0 Å². The maximum absolute atomic E-state index is 12.7. The molecule has 0 radical (unpaired) electrons. The van der Waals surface area contributed by atoms with E-state index < -0.39 is 0 Å². The fraction of sp³-hybridized carbons (Fsp3) is 0.842. The van der Waals surface area contributed by atoms with Crippen molar-refractivity contribution in [3.05, 3.63) is 0 Å². The topological polar surface area (TPSA) is 86.3 Å². The van der Waals surface area contributed by atoms with E-state index >= 15 is 0 Å². The number of ether oxygens (including phenoxy) is 1. The van der Waals surface area contributed by atoms with E-state index in [4.69, 9.17) is 4.74 Å². The molecule has 2 fully saturated rings. The molecule has 0 spiro atoms. The lowest BCUT2D eigenvalue weighted by atomic mass is 9.84. The molecular weight excluding hydrogens is 473 g/mol. The molecule has 2 rings (SSSR count). The molecular formula is C19H36IN5O3. The lowest BCUT2D eigenvalue weighted by Crippen LogP contribution is -2.53. The van der Waals surface area contributed by atoms with Crippen molar-refractivity contribution in [3.63, 3.8) is 0 Å². The van der Waals surface area contributed by atoms with Gasteiger partial charge in [-0.2, -0.15) is 0 Å². The van der Waals surface area contributed by atoms with Gasteiger partial charge in [0, 0.05) is 46.8 Å². The van der Waals surface area contributed by atoms with Gasteiger partial charge in [0.05, 0.1) is 12.0 Å². The number of likely N-dealkylation sites (tertiary alicyclic amines) is 1. The predicted octanol–water partition coefficient (Wildman–Crippen LogP) is 2.04. The summed E-state index contributed by atoms with van der Waals surface area (Å²) in [6.45, 7) is 4.18. The number of nitrogens with one attached hydrogen (secondary N) is 2. The lowest BCUT2D eigenvalue weighted by molar-refractivity contribution is -0.138. The molecule has 0 aromatic carbocycles. The molecule has 9 heteroatoms. The Kier molecular flexibility index (Phi) is 10.3. The molecule has 0 aromatic rings. The Balaban J connectivity index is 0.00000392. The first-order valence-electron chi connectivity index (χ1n) is 10.0. The average Bonchev–Trinajstić information content (AvgIpc) is 3.15. The Morgan fingerprint density at radius 3 is 2.32 bits per heavy atom. The van der Waals surface area contributed by atoms with Crippen LogP contribution >= 0.6 is 24.0 Å². The maximum Gasteiger partial charge on any atom is 0.409 e. The third kappa shape index (κ3) is 6.38. The summed E-state index contributed by atoms with van der Waals surface area (Å²) in [6.07, 6.45) is 5.50. The largest absolute Gasteiger partial charge is 0.450 e. The van der Waals surface area contributed by atoms with Gasteiger partial charge in [0.1, 0.15) is 0 Å².